The molecule has 1 unspecified atom stereocenters. The van der Waals surface area contributed by atoms with Gasteiger partial charge in [-0.15, -0.1) is 11.3 Å². The summed E-state index contributed by atoms with van der Waals surface area (Å²) < 4.78 is 6.27. The van der Waals surface area contributed by atoms with E-state index in [0.717, 1.165) is 37.4 Å². The van der Waals surface area contributed by atoms with Crippen LogP contribution in [0.5, 0.6) is 0 Å². The fourth-order valence-electron chi connectivity index (χ4n) is 4.19. The summed E-state index contributed by atoms with van der Waals surface area (Å²) >= 11 is 1.62. The van der Waals surface area contributed by atoms with E-state index in [2.05, 4.69) is 64.8 Å². The lowest BCUT2D eigenvalue weighted by Crippen LogP contribution is -2.27. The highest BCUT2D eigenvalue weighted by Crippen LogP contribution is 2.40. The average Bonchev–Trinajstić information content (AvgIpc) is 3.37. The second-order valence-electron chi connectivity index (χ2n) is 7.61. The number of nitrogens with zero attached hydrogens (tertiary/aromatic N) is 1. The van der Waals surface area contributed by atoms with E-state index >= 15 is 0 Å². The largest absolute Gasteiger partial charge is 0.383 e. The van der Waals surface area contributed by atoms with Crippen LogP contribution < -0.4 is 5.32 Å². The molecule has 0 radical (unpaired) electrons. The molecule has 152 valence electrons. The number of thiophene rings is 1. The third kappa shape index (κ3) is 4.69. The first kappa shape index (κ1) is 20.1. The van der Waals surface area contributed by atoms with E-state index in [1.165, 1.54) is 21.2 Å². The van der Waals surface area contributed by atoms with Crippen molar-refractivity contribution in [1.82, 2.24) is 10.2 Å². The molecule has 1 fully saturated rings. The molecular weight excluding hydrogens is 380 g/mol. The van der Waals surface area contributed by atoms with Crippen LogP contribution in [0.4, 0.5) is 0 Å². The highest BCUT2D eigenvalue weighted by atomic mass is 32.1. The van der Waals surface area contributed by atoms with Crippen molar-refractivity contribution in [2.24, 2.45) is 0 Å². The summed E-state index contributed by atoms with van der Waals surface area (Å²) in [6, 6.07) is 19.1. The Labute approximate surface area is 176 Å². The van der Waals surface area contributed by atoms with Gasteiger partial charge < -0.3 is 15.0 Å². The summed E-state index contributed by atoms with van der Waals surface area (Å²) in [6.45, 7) is 4.25. The van der Waals surface area contributed by atoms with Crippen molar-refractivity contribution < 1.29 is 9.53 Å². The zero-order chi connectivity index (χ0) is 20.1. The number of hydrogen-bond acceptors (Lipinski definition) is 4. The third-order valence-electron chi connectivity index (χ3n) is 5.67. The standard InChI is InChI=1S/C24H28N2O2S/c1-28-16-13-25-24(27)23-22(20-9-5-6-10-21(20)29-23)19-12-15-26(17-19)14-11-18-7-3-2-4-8-18/h2-10,19H,11-17H2,1H3,(H,25,27). The van der Waals surface area contributed by atoms with Crippen LogP contribution >= 0.6 is 11.3 Å². The van der Waals surface area contributed by atoms with E-state index < -0.39 is 0 Å². The van der Waals surface area contributed by atoms with Crippen LogP contribution in [-0.4, -0.2) is 50.7 Å². The monoisotopic (exact) mass is 408 g/mol. The van der Waals surface area contributed by atoms with Gasteiger partial charge in [0.15, 0.2) is 0 Å². The maximum absolute atomic E-state index is 12.9. The molecule has 1 amide bonds. The third-order valence-corrected chi connectivity index (χ3v) is 6.86. The van der Waals surface area contributed by atoms with Gasteiger partial charge in [0.2, 0.25) is 0 Å². The first-order valence-corrected chi connectivity index (χ1v) is 11.1. The van der Waals surface area contributed by atoms with Crippen LogP contribution in [-0.2, 0) is 11.2 Å². The van der Waals surface area contributed by atoms with Gasteiger partial charge in [0, 0.05) is 37.4 Å². The number of likely N-dealkylation sites (tertiary alicyclic amines) is 1. The molecule has 2 aromatic carbocycles. The van der Waals surface area contributed by atoms with Crippen molar-refractivity contribution in [1.29, 1.82) is 0 Å². The van der Waals surface area contributed by atoms with Crippen LogP contribution in [0.3, 0.4) is 0 Å². The van der Waals surface area contributed by atoms with Crippen LogP contribution in [0.1, 0.15) is 33.1 Å². The Kier molecular flexibility index (Phi) is 6.60. The fraction of sp³-hybridized carbons (Fsp3) is 0.375. The maximum Gasteiger partial charge on any atom is 0.261 e. The quantitative estimate of drug-likeness (QED) is 0.565. The summed E-state index contributed by atoms with van der Waals surface area (Å²) in [4.78, 5) is 16.3. The van der Waals surface area contributed by atoms with Gasteiger partial charge in [-0.3, -0.25) is 4.79 Å². The highest BCUT2D eigenvalue weighted by molar-refractivity contribution is 7.21. The summed E-state index contributed by atoms with van der Waals surface area (Å²) in [5, 5.41) is 4.26. The molecule has 3 aromatic rings. The first-order chi connectivity index (χ1) is 14.3. The molecule has 1 atom stereocenters. The second kappa shape index (κ2) is 9.53. The van der Waals surface area contributed by atoms with Crippen LogP contribution in [0.25, 0.3) is 10.1 Å². The Morgan fingerprint density at radius 3 is 2.79 bits per heavy atom. The lowest BCUT2D eigenvalue weighted by molar-refractivity contribution is 0.0940. The van der Waals surface area contributed by atoms with Crippen LogP contribution in [0, 0.1) is 0 Å². The maximum atomic E-state index is 12.9. The SMILES string of the molecule is COCCNC(=O)c1sc2ccccc2c1C1CCN(CCc2ccccc2)C1. The number of carbonyl (C=O) groups excluding carboxylic acids is 1. The molecule has 0 saturated carbocycles. The van der Waals surface area contributed by atoms with E-state index in [9.17, 15) is 4.79 Å². The molecule has 29 heavy (non-hydrogen) atoms. The Hall–Kier alpha value is -2.21. The van der Waals surface area contributed by atoms with Gasteiger partial charge in [-0.2, -0.15) is 0 Å². The lowest BCUT2D eigenvalue weighted by Gasteiger charge is -2.17. The van der Waals surface area contributed by atoms with Gasteiger partial charge in [-0.05, 0) is 42.0 Å². The summed E-state index contributed by atoms with van der Waals surface area (Å²) in [5.74, 6) is 0.436. The molecule has 4 rings (SSSR count). The van der Waals surface area contributed by atoms with Crippen molar-refractivity contribution in [3.63, 3.8) is 0 Å². The Balaban J connectivity index is 1.50. The molecule has 0 spiro atoms. The molecule has 1 aliphatic heterocycles. The molecule has 1 N–H and O–H groups in total. The van der Waals surface area contributed by atoms with Crippen molar-refractivity contribution in [3.05, 3.63) is 70.6 Å². The Bertz CT molecular complexity index is 954. The summed E-state index contributed by atoms with van der Waals surface area (Å²) in [7, 11) is 1.65. The minimum atomic E-state index is 0.0287. The number of nitrogens with one attached hydrogen (secondary N) is 1. The van der Waals surface area contributed by atoms with Gasteiger partial charge in [0.1, 0.15) is 0 Å². The molecule has 1 aliphatic rings. The van der Waals surface area contributed by atoms with E-state index in [0.29, 0.717) is 19.1 Å². The number of carbonyl (C=O) groups is 1. The van der Waals surface area contributed by atoms with E-state index in [-0.39, 0.29) is 5.91 Å². The Morgan fingerprint density at radius 1 is 1.17 bits per heavy atom. The second-order valence-corrected chi connectivity index (χ2v) is 8.66. The molecule has 5 heteroatoms. The zero-order valence-electron chi connectivity index (χ0n) is 16.9. The van der Waals surface area contributed by atoms with Crippen molar-refractivity contribution >= 4 is 27.3 Å². The molecule has 1 saturated heterocycles. The number of rotatable bonds is 8. The van der Waals surface area contributed by atoms with Crippen LogP contribution in [0.15, 0.2) is 54.6 Å². The van der Waals surface area contributed by atoms with Crippen molar-refractivity contribution in [2.45, 2.75) is 18.8 Å². The van der Waals surface area contributed by atoms with E-state index in [1.807, 2.05) is 0 Å². The smallest absolute Gasteiger partial charge is 0.261 e. The average molecular weight is 409 g/mol. The minimum absolute atomic E-state index is 0.0287. The molecule has 1 aromatic heterocycles. The predicted octanol–water partition coefficient (Wildman–Crippen LogP) is 4.31. The Morgan fingerprint density at radius 2 is 1.97 bits per heavy atom. The van der Waals surface area contributed by atoms with Gasteiger partial charge >= 0.3 is 0 Å². The highest BCUT2D eigenvalue weighted by Gasteiger charge is 2.30. The van der Waals surface area contributed by atoms with Gasteiger partial charge in [0.25, 0.3) is 5.91 Å². The first-order valence-electron chi connectivity index (χ1n) is 10.3. The molecular formula is C24H28N2O2S. The fourth-order valence-corrected chi connectivity index (χ4v) is 5.40. The lowest BCUT2D eigenvalue weighted by atomic mass is 9.95. The van der Waals surface area contributed by atoms with Crippen molar-refractivity contribution in [2.75, 3.05) is 39.9 Å². The topological polar surface area (TPSA) is 41.6 Å². The normalized spacial score (nSPS) is 17.1. The molecule has 4 nitrogen and oxygen atoms in total. The minimum Gasteiger partial charge on any atom is -0.383 e. The number of fused-ring (bicyclic) bond motifs is 1. The van der Waals surface area contributed by atoms with E-state index in [4.69, 9.17) is 4.74 Å². The van der Waals surface area contributed by atoms with Gasteiger partial charge in [-0.25, -0.2) is 0 Å². The number of hydrogen-bond donors (Lipinski definition) is 1. The summed E-state index contributed by atoms with van der Waals surface area (Å²) in [5.41, 5.74) is 2.62. The van der Waals surface area contributed by atoms with Gasteiger partial charge in [-0.1, -0.05) is 48.5 Å². The van der Waals surface area contributed by atoms with E-state index in [1.54, 1.807) is 18.4 Å². The zero-order valence-corrected chi connectivity index (χ0v) is 17.7. The van der Waals surface area contributed by atoms with Crippen LogP contribution in [0.2, 0.25) is 0 Å². The predicted molar refractivity (Wildman–Crippen MR) is 120 cm³/mol. The number of ether oxygens (including phenoxy) is 1. The van der Waals surface area contributed by atoms with Crippen molar-refractivity contribution in [3.8, 4) is 0 Å². The van der Waals surface area contributed by atoms with Gasteiger partial charge in [0.05, 0.1) is 11.5 Å². The molecule has 0 bridgehead atoms. The molecule has 0 aliphatic carbocycles. The number of methoxy groups -OCH3 is 1. The summed E-state index contributed by atoms with van der Waals surface area (Å²) in [6.07, 6.45) is 2.18. The molecule has 2 heterocycles. The number of amides is 1. The number of benzene rings is 2.